The Morgan fingerprint density at radius 2 is 1.52 bits per heavy atom. The van der Waals surface area contributed by atoms with Crippen molar-refractivity contribution in [2.24, 2.45) is 0 Å². The molecule has 2 aliphatic rings. The van der Waals surface area contributed by atoms with E-state index in [-0.39, 0.29) is 6.23 Å². The SMILES string of the molecule is C=CCN1CCN(C)CC1.CCN1CCN(C(C)O)CC1. The van der Waals surface area contributed by atoms with Gasteiger partial charge in [-0.3, -0.25) is 9.80 Å². The zero-order valence-corrected chi connectivity index (χ0v) is 14.2. The fraction of sp³-hybridized carbons (Fsp3) is 0.875. The summed E-state index contributed by atoms with van der Waals surface area (Å²) >= 11 is 0. The Morgan fingerprint density at radius 3 is 1.95 bits per heavy atom. The number of nitrogens with zero attached hydrogens (tertiary/aromatic N) is 4. The van der Waals surface area contributed by atoms with Gasteiger partial charge in [-0.2, -0.15) is 0 Å². The molecule has 0 aromatic carbocycles. The Morgan fingerprint density at radius 1 is 1.00 bits per heavy atom. The summed E-state index contributed by atoms with van der Waals surface area (Å²) in [6.45, 7) is 18.9. The Bertz CT molecular complexity index is 269. The summed E-state index contributed by atoms with van der Waals surface area (Å²) in [6.07, 6.45) is 1.71. The van der Waals surface area contributed by atoms with E-state index in [1.54, 1.807) is 0 Å². The van der Waals surface area contributed by atoms with Crippen LogP contribution in [0.15, 0.2) is 12.7 Å². The Labute approximate surface area is 130 Å². The molecule has 1 N–H and O–H groups in total. The lowest BCUT2D eigenvalue weighted by Crippen LogP contribution is -2.49. The maximum atomic E-state index is 9.24. The normalized spacial score (nSPS) is 24.2. The van der Waals surface area contributed by atoms with Crippen molar-refractivity contribution in [3.05, 3.63) is 12.7 Å². The van der Waals surface area contributed by atoms with Gasteiger partial charge in [-0.05, 0) is 20.5 Å². The molecule has 0 radical (unpaired) electrons. The van der Waals surface area contributed by atoms with Crippen LogP contribution in [0.5, 0.6) is 0 Å². The minimum absolute atomic E-state index is 0.269. The van der Waals surface area contributed by atoms with Gasteiger partial charge in [-0.15, -0.1) is 6.58 Å². The monoisotopic (exact) mass is 298 g/mol. The molecule has 1 atom stereocenters. The first kappa shape index (κ1) is 18.6. The number of aliphatic hydroxyl groups excluding tert-OH is 1. The third kappa shape index (κ3) is 7.38. The van der Waals surface area contributed by atoms with E-state index in [1.807, 2.05) is 13.0 Å². The van der Waals surface area contributed by atoms with Gasteiger partial charge in [-0.1, -0.05) is 13.0 Å². The first-order chi connectivity index (χ1) is 10.1. The minimum Gasteiger partial charge on any atom is -0.379 e. The summed E-state index contributed by atoms with van der Waals surface area (Å²) in [5.41, 5.74) is 0. The van der Waals surface area contributed by atoms with Gasteiger partial charge >= 0.3 is 0 Å². The van der Waals surface area contributed by atoms with Gasteiger partial charge < -0.3 is 14.9 Å². The minimum atomic E-state index is -0.269. The van der Waals surface area contributed by atoms with Crippen LogP contribution in [0.2, 0.25) is 0 Å². The summed E-state index contributed by atoms with van der Waals surface area (Å²) in [7, 11) is 2.17. The summed E-state index contributed by atoms with van der Waals surface area (Å²) in [6, 6.07) is 0. The Hall–Kier alpha value is -0.460. The number of hydrogen-bond donors (Lipinski definition) is 1. The number of hydrogen-bond acceptors (Lipinski definition) is 5. The van der Waals surface area contributed by atoms with Crippen molar-refractivity contribution in [1.29, 1.82) is 0 Å². The van der Waals surface area contributed by atoms with Crippen molar-refractivity contribution in [2.45, 2.75) is 20.1 Å². The highest BCUT2D eigenvalue weighted by Crippen LogP contribution is 2.03. The molecule has 2 heterocycles. The molecule has 2 saturated heterocycles. The first-order valence-electron chi connectivity index (χ1n) is 8.23. The molecular weight excluding hydrogens is 264 g/mol. The van der Waals surface area contributed by atoms with Crippen molar-refractivity contribution in [2.75, 3.05) is 72.5 Å². The third-order valence-electron chi connectivity index (χ3n) is 4.37. The fourth-order valence-electron chi connectivity index (χ4n) is 2.67. The largest absolute Gasteiger partial charge is 0.379 e. The van der Waals surface area contributed by atoms with E-state index in [4.69, 9.17) is 0 Å². The predicted octanol–water partition coefficient (Wildman–Crippen LogP) is 0.382. The van der Waals surface area contributed by atoms with E-state index in [0.717, 1.165) is 39.3 Å². The van der Waals surface area contributed by atoms with Gasteiger partial charge in [0.15, 0.2) is 0 Å². The lowest BCUT2D eigenvalue weighted by atomic mass is 10.3. The van der Waals surface area contributed by atoms with Crippen LogP contribution in [-0.2, 0) is 0 Å². The highest BCUT2D eigenvalue weighted by molar-refractivity contribution is 4.77. The molecule has 2 fully saturated rings. The molecule has 0 saturated carbocycles. The quantitative estimate of drug-likeness (QED) is 0.759. The smallest absolute Gasteiger partial charge is 0.104 e. The van der Waals surface area contributed by atoms with E-state index in [1.165, 1.54) is 26.2 Å². The van der Waals surface area contributed by atoms with Crippen molar-refractivity contribution in [3.8, 4) is 0 Å². The average Bonchev–Trinajstić information content (AvgIpc) is 2.50. The third-order valence-corrected chi connectivity index (χ3v) is 4.37. The van der Waals surface area contributed by atoms with Crippen LogP contribution >= 0.6 is 0 Å². The lowest BCUT2D eigenvalue weighted by molar-refractivity contribution is -0.0117. The summed E-state index contributed by atoms with van der Waals surface area (Å²) < 4.78 is 0. The van der Waals surface area contributed by atoms with Gasteiger partial charge in [0.1, 0.15) is 6.23 Å². The van der Waals surface area contributed by atoms with Gasteiger partial charge in [0, 0.05) is 58.9 Å². The standard InChI is InChI=1S/C8H18N2O.C8H16N2/c1-3-9-4-6-10(7-5-9)8(2)11;1-3-4-10-7-5-9(2)6-8-10/h8,11H,3-7H2,1-2H3;3H,1,4-8H2,2H3. The molecule has 0 amide bonds. The van der Waals surface area contributed by atoms with Crippen molar-refractivity contribution >= 4 is 0 Å². The molecule has 124 valence electrons. The second-order valence-corrected chi connectivity index (χ2v) is 5.99. The highest BCUT2D eigenvalue weighted by Gasteiger charge is 2.17. The van der Waals surface area contributed by atoms with Gasteiger partial charge in [-0.25, -0.2) is 0 Å². The number of rotatable bonds is 4. The molecule has 5 nitrogen and oxygen atoms in total. The van der Waals surface area contributed by atoms with Crippen LogP contribution in [-0.4, -0.2) is 103 Å². The first-order valence-corrected chi connectivity index (χ1v) is 8.23. The maximum absolute atomic E-state index is 9.24. The Kier molecular flexibility index (Phi) is 9.11. The Balaban J connectivity index is 0.000000211. The molecule has 0 spiro atoms. The van der Waals surface area contributed by atoms with Crippen LogP contribution in [0, 0.1) is 0 Å². The summed E-state index contributed by atoms with van der Waals surface area (Å²) in [4.78, 5) is 9.29. The second kappa shape index (κ2) is 10.3. The van der Waals surface area contributed by atoms with Gasteiger partial charge in [0.2, 0.25) is 0 Å². The van der Waals surface area contributed by atoms with Gasteiger partial charge in [0.05, 0.1) is 0 Å². The lowest BCUT2D eigenvalue weighted by Gasteiger charge is -2.35. The number of piperazine rings is 2. The maximum Gasteiger partial charge on any atom is 0.104 e. The second-order valence-electron chi connectivity index (χ2n) is 5.99. The molecule has 5 heteroatoms. The summed E-state index contributed by atoms with van der Waals surface area (Å²) in [5.74, 6) is 0. The molecule has 2 aliphatic heterocycles. The molecule has 0 aromatic rings. The number of likely N-dealkylation sites (N-methyl/N-ethyl adjacent to an activating group) is 2. The van der Waals surface area contributed by atoms with Gasteiger partial charge in [0.25, 0.3) is 0 Å². The average molecular weight is 298 g/mol. The molecule has 0 bridgehead atoms. The van der Waals surface area contributed by atoms with E-state index >= 15 is 0 Å². The van der Waals surface area contributed by atoms with Crippen molar-refractivity contribution in [3.63, 3.8) is 0 Å². The predicted molar refractivity (Wildman–Crippen MR) is 89.5 cm³/mol. The van der Waals surface area contributed by atoms with E-state index in [9.17, 15) is 5.11 Å². The van der Waals surface area contributed by atoms with Crippen LogP contribution < -0.4 is 0 Å². The highest BCUT2D eigenvalue weighted by atomic mass is 16.3. The zero-order chi connectivity index (χ0) is 15.7. The van der Waals surface area contributed by atoms with E-state index < -0.39 is 0 Å². The van der Waals surface area contributed by atoms with Crippen molar-refractivity contribution < 1.29 is 5.11 Å². The molecular formula is C16H34N4O. The molecule has 1 unspecified atom stereocenters. The van der Waals surface area contributed by atoms with Crippen LogP contribution in [0.3, 0.4) is 0 Å². The molecule has 0 aromatic heterocycles. The molecule has 2 rings (SSSR count). The van der Waals surface area contributed by atoms with Crippen LogP contribution in [0.25, 0.3) is 0 Å². The number of aliphatic hydroxyl groups is 1. The van der Waals surface area contributed by atoms with Crippen molar-refractivity contribution in [1.82, 2.24) is 19.6 Å². The molecule has 0 aliphatic carbocycles. The van der Waals surface area contributed by atoms with Crippen LogP contribution in [0.4, 0.5) is 0 Å². The summed E-state index contributed by atoms with van der Waals surface area (Å²) in [5, 5.41) is 9.24. The fourth-order valence-corrected chi connectivity index (χ4v) is 2.67. The van der Waals surface area contributed by atoms with Crippen LogP contribution in [0.1, 0.15) is 13.8 Å². The zero-order valence-electron chi connectivity index (χ0n) is 14.2. The topological polar surface area (TPSA) is 33.2 Å². The molecule has 21 heavy (non-hydrogen) atoms. The van der Waals surface area contributed by atoms with E-state index in [0.29, 0.717) is 0 Å². The van der Waals surface area contributed by atoms with E-state index in [2.05, 4.69) is 40.1 Å².